The van der Waals surface area contributed by atoms with Gasteiger partial charge in [0.2, 0.25) is 0 Å². The molecule has 0 aliphatic heterocycles. The summed E-state index contributed by atoms with van der Waals surface area (Å²) in [4.78, 5) is 11.9. The molecule has 0 bridgehead atoms. The minimum atomic E-state index is -0.469. The molecule has 0 radical (unpaired) electrons. The molecule has 0 fully saturated rings. The molecule has 0 amide bonds. The van der Waals surface area contributed by atoms with Crippen LogP contribution >= 0.6 is 0 Å². The average Bonchev–Trinajstić information content (AvgIpc) is 2.83. The fourth-order valence-electron chi connectivity index (χ4n) is 1.76. The Labute approximate surface area is 117 Å². The van der Waals surface area contributed by atoms with Gasteiger partial charge in [-0.25, -0.2) is 4.79 Å². The highest BCUT2D eigenvalue weighted by Crippen LogP contribution is 2.15. The molecular weight excluding hydrogens is 256 g/mol. The fraction of sp³-hybridized carbons (Fsp3) is 0.286. The van der Waals surface area contributed by atoms with Crippen molar-refractivity contribution in [2.75, 3.05) is 11.5 Å². The smallest absolute Gasteiger partial charge is 0.338 e. The van der Waals surface area contributed by atoms with Crippen LogP contribution in [0.2, 0.25) is 0 Å². The number of carbonyl (C=O) groups excluding carboxylic acids is 1. The third kappa shape index (κ3) is 3.28. The molecule has 0 aliphatic rings. The van der Waals surface area contributed by atoms with Crippen molar-refractivity contribution in [3.8, 4) is 0 Å². The van der Waals surface area contributed by atoms with Crippen molar-refractivity contribution in [3.63, 3.8) is 0 Å². The predicted octanol–water partition coefficient (Wildman–Crippen LogP) is 1.99. The van der Waals surface area contributed by atoms with Crippen molar-refractivity contribution in [1.82, 2.24) is 9.78 Å². The summed E-state index contributed by atoms with van der Waals surface area (Å²) >= 11 is 0. The zero-order valence-electron chi connectivity index (χ0n) is 11.5. The summed E-state index contributed by atoms with van der Waals surface area (Å²) in [5.74, 6) is -0.469. The van der Waals surface area contributed by atoms with Gasteiger partial charge in [-0.15, -0.1) is 0 Å². The summed E-state index contributed by atoms with van der Waals surface area (Å²) < 4.78 is 7.00. The Balaban J connectivity index is 2.00. The Morgan fingerprint density at radius 1 is 1.30 bits per heavy atom. The van der Waals surface area contributed by atoms with Crippen LogP contribution in [0.3, 0.4) is 0 Å². The number of hydrogen-bond acceptors (Lipinski definition) is 5. The molecule has 1 aromatic carbocycles. The van der Waals surface area contributed by atoms with Crippen LogP contribution in [0, 0.1) is 0 Å². The number of hydrogen-bond donors (Lipinski definition) is 2. The highest BCUT2D eigenvalue weighted by Gasteiger charge is 2.10. The highest BCUT2D eigenvalue weighted by atomic mass is 16.5. The minimum absolute atomic E-state index is 0.118. The monoisotopic (exact) mass is 274 g/mol. The maximum absolute atomic E-state index is 11.9. The zero-order valence-corrected chi connectivity index (χ0v) is 11.5. The van der Waals surface area contributed by atoms with Crippen LogP contribution in [0.5, 0.6) is 0 Å². The molecule has 6 heteroatoms. The molecule has 20 heavy (non-hydrogen) atoms. The number of nitrogen functional groups attached to an aromatic ring is 2. The lowest BCUT2D eigenvalue weighted by atomic mass is 10.2. The Morgan fingerprint density at radius 2 is 1.95 bits per heavy atom. The van der Waals surface area contributed by atoms with Gasteiger partial charge in [-0.2, -0.15) is 5.10 Å². The van der Waals surface area contributed by atoms with Crippen molar-refractivity contribution < 1.29 is 9.53 Å². The number of carbonyl (C=O) groups is 1. The van der Waals surface area contributed by atoms with E-state index < -0.39 is 5.97 Å². The topological polar surface area (TPSA) is 96.2 Å². The quantitative estimate of drug-likeness (QED) is 0.656. The fourth-order valence-corrected chi connectivity index (χ4v) is 1.76. The van der Waals surface area contributed by atoms with E-state index in [4.69, 9.17) is 16.2 Å². The number of anilines is 2. The minimum Gasteiger partial charge on any atom is -0.456 e. The van der Waals surface area contributed by atoms with Crippen molar-refractivity contribution in [1.29, 1.82) is 0 Å². The van der Waals surface area contributed by atoms with Gasteiger partial charge >= 0.3 is 5.97 Å². The third-order valence-corrected chi connectivity index (χ3v) is 2.76. The average molecular weight is 274 g/mol. The second-order valence-corrected chi connectivity index (χ2v) is 4.85. The van der Waals surface area contributed by atoms with Gasteiger partial charge in [0, 0.05) is 23.6 Å². The first kappa shape index (κ1) is 13.9. The molecule has 2 aromatic rings. The van der Waals surface area contributed by atoms with E-state index in [0.717, 1.165) is 0 Å². The van der Waals surface area contributed by atoms with Gasteiger partial charge in [0.05, 0.1) is 11.3 Å². The first-order valence-corrected chi connectivity index (χ1v) is 6.33. The van der Waals surface area contributed by atoms with E-state index in [9.17, 15) is 4.79 Å². The summed E-state index contributed by atoms with van der Waals surface area (Å²) in [7, 11) is 0. The molecule has 1 heterocycles. The van der Waals surface area contributed by atoms with E-state index in [1.54, 1.807) is 6.07 Å². The van der Waals surface area contributed by atoms with Crippen molar-refractivity contribution in [3.05, 3.63) is 41.7 Å². The maximum Gasteiger partial charge on any atom is 0.338 e. The molecule has 0 saturated heterocycles. The summed E-state index contributed by atoms with van der Waals surface area (Å²) in [5.41, 5.74) is 13.2. The largest absolute Gasteiger partial charge is 0.456 e. The SMILES string of the molecule is CC(C)n1ccc(COC(=O)c2cc(N)cc(N)c2)n1. The van der Waals surface area contributed by atoms with E-state index in [2.05, 4.69) is 5.10 Å². The Morgan fingerprint density at radius 3 is 2.50 bits per heavy atom. The number of esters is 1. The van der Waals surface area contributed by atoms with Crippen molar-refractivity contribution in [2.45, 2.75) is 26.5 Å². The number of benzene rings is 1. The summed E-state index contributed by atoms with van der Waals surface area (Å²) in [6.07, 6.45) is 1.85. The van der Waals surface area contributed by atoms with E-state index in [1.807, 2.05) is 30.8 Å². The summed E-state index contributed by atoms with van der Waals surface area (Å²) in [5, 5.41) is 4.30. The number of aromatic nitrogens is 2. The lowest BCUT2D eigenvalue weighted by molar-refractivity contribution is 0.0467. The van der Waals surface area contributed by atoms with Crippen LogP contribution in [0.1, 0.15) is 35.9 Å². The summed E-state index contributed by atoms with van der Waals surface area (Å²) in [6, 6.07) is 6.74. The second-order valence-electron chi connectivity index (χ2n) is 4.85. The molecular formula is C14H18N4O2. The first-order chi connectivity index (χ1) is 9.45. The summed E-state index contributed by atoms with van der Waals surface area (Å²) in [6.45, 7) is 4.17. The van der Waals surface area contributed by atoms with Gasteiger partial charge in [0.25, 0.3) is 0 Å². The number of rotatable bonds is 4. The standard InChI is InChI=1S/C14H18N4O2/c1-9(2)18-4-3-13(17-18)8-20-14(19)10-5-11(15)7-12(16)6-10/h3-7,9H,8,15-16H2,1-2H3. The molecule has 0 spiro atoms. The van der Waals surface area contributed by atoms with Gasteiger partial charge in [0.15, 0.2) is 0 Å². The van der Waals surface area contributed by atoms with Gasteiger partial charge in [-0.3, -0.25) is 4.68 Å². The van der Waals surface area contributed by atoms with E-state index in [1.165, 1.54) is 12.1 Å². The Hall–Kier alpha value is -2.50. The van der Waals surface area contributed by atoms with Crippen LogP contribution in [0.4, 0.5) is 11.4 Å². The normalized spacial score (nSPS) is 10.8. The van der Waals surface area contributed by atoms with Crippen LogP contribution in [0.15, 0.2) is 30.5 Å². The van der Waals surface area contributed by atoms with Crippen LogP contribution < -0.4 is 11.5 Å². The lowest BCUT2D eigenvalue weighted by Gasteiger charge is -2.06. The molecule has 1 aromatic heterocycles. The van der Waals surface area contributed by atoms with Crippen molar-refractivity contribution >= 4 is 17.3 Å². The van der Waals surface area contributed by atoms with E-state index in [0.29, 0.717) is 22.6 Å². The molecule has 2 rings (SSSR count). The molecule has 6 nitrogen and oxygen atoms in total. The molecule has 106 valence electrons. The Kier molecular flexibility index (Phi) is 3.93. The number of nitrogens with two attached hydrogens (primary N) is 2. The lowest BCUT2D eigenvalue weighted by Crippen LogP contribution is -2.08. The Bertz CT molecular complexity index is 599. The molecule has 0 unspecified atom stereocenters. The van der Waals surface area contributed by atoms with Gasteiger partial charge in [0.1, 0.15) is 6.61 Å². The van der Waals surface area contributed by atoms with E-state index in [-0.39, 0.29) is 12.6 Å². The molecule has 0 aliphatic carbocycles. The second kappa shape index (κ2) is 5.64. The van der Waals surface area contributed by atoms with Gasteiger partial charge < -0.3 is 16.2 Å². The van der Waals surface area contributed by atoms with Crippen LogP contribution in [-0.4, -0.2) is 15.7 Å². The van der Waals surface area contributed by atoms with E-state index >= 15 is 0 Å². The maximum atomic E-state index is 11.9. The van der Waals surface area contributed by atoms with Crippen LogP contribution in [-0.2, 0) is 11.3 Å². The van der Waals surface area contributed by atoms with Crippen LogP contribution in [0.25, 0.3) is 0 Å². The van der Waals surface area contributed by atoms with Gasteiger partial charge in [-0.1, -0.05) is 0 Å². The first-order valence-electron chi connectivity index (χ1n) is 6.33. The third-order valence-electron chi connectivity index (χ3n) is 2.76. The number of nitrogens with zero attached hydrogens (tertiary/aromatic N) is 2. The highest BCUT2D eigenvalue weighted by molar-refractivity contribution is 5.91. The number of ether oxygens (including phenoxy) is 1. The molecule has 0 atom stereocenters. The zero-order chi connectivity index (χ0) is 14.7. The van der Waals surface area contributed by atoms with Crippen molar-refractivity contribution in [2.24, 2.45) is 0 Å². The molecule has 4 N–H and O–H groups in total. The van der Waals surface area contributed by atoms with Gasteiger partial charge in [-0.05, 0) is 38.1 Å². The predicted molar refractivity (Wildman–Crippen MR) is 77.0 cm³/mol. The molecule has 0 saturated carbocycles.